The predicted octanol–water partition coefficient (Wildman–Crippen LogP) is 1.09. The highest BCUT2D eigenvalue weighted by Gasteiger charge is 2.27. The molecule has 8 nitrogen and oxygen atoms in total. The first-order chi connectivity index (χ1) is 10.0. The SMILES string of the molecule is NC1CCC(Oc2cc3nc[nH]c(=O)c3cc2[N+](=O)[O-])C1. The Morgan fingerprint density at radius 3 is 2.90 bits per heavy atom. The van der Waals surface area contributed by atoms with Crippen molar-refractivity contribution in [3.63, 3.8) is 0 Å². The van der Waals surface area contributed by atoms with Gasteiger partial charge in [-0.05, 0) is 19.3 Å². The molecule has 8 heteroatoms. The van der Waals surface area contributed by atoms with E-state index in [1.54, 1.807) is 0 Å². The second-order valence-corrected chi connectivity index (χ2v) is 5.14. The Labute approximate surface area is 119 Å². The molecular weight excluding hydrogens is 276 g/mol. The molecule has 21 heavy (non-hydrogen) atoms. The van der Waals surface area contributed by atoms with Crippen LogP contribution in [0.2, 0.25) is 0 Å². The summed E-state index contributed by atoms with van der Waals surface area (Å²) in [7, 11) is 0. The fourth-order valence-corrected chi connectivity index (χ4v) is 2.58. The van der Waals surface area contributed by atoms with Crippen LogP contribution in [-0.4, -0.2) is 27.0 Å². The van der Waals surface area contributed by atoms with Crippen molar-refractivity contribution in [1.82, 2.24) is 9.97 Å². The van der Waals surface area contributed by atoms with E-state index in [0.717, 1.165) is 12.8 Å². The summed E-state index contributed by atoms with van der Waals surface area (Å²) in [5.41, 5.74) is 5.52. The number of aromatic nitrogens is 2. The molecule has 3 N–H and O–H groups in total. The molecule has 3 rings (SSSR count). The molecule has 110 valence electrons. The lowest BCUT2D eigenvalue weighted by Gasteiger charge is -2.13. The van der Waals surface area contributed by atoms with E-state index in [-0.39, 0.29) is 29.0 Å². The monoisotopic (exact) mass is 290 g/mol. The number of benzene rings is 1. The number of rotatable bonds is 3. The van der Waals surface area contributed by atoms with Gasteiger partial charge in [0.2, 0.25) is 0 Å². The average molecular weight is 290 g/mol. The van der Waals surface area contributed by atoms with Crippen molar-refractivity contribution in [2.75, 3.05) is 0 Å². The minimum atomic E-state index is -0.559. The van der Waals surface area contributed by atoms with Crippen molar-refractivity contribution in [2.45, 2.75) is 31.4 Å². The molecule has 2 aromatic rings. The Morgan fingerprint density at radius 1 is 1.43 bits per heavy atom. The van der Waals surface area contributed by atoms with E-state index >= 15 is 0 Å². The Bertz CT molecular complexity index is 757. The van der Waals surface area contributed by atoms with Gasteiger partial charge in [-0.3, -0.25) is 14.9 Å². The molecule has 0 bridgehead atoms. The molecule has 1 aliphatic rings. The van der Waals surface area contributed by atoms with Crippen LogP contribution < -0.4 is 16.0 Å². The first-order valence-electron chi connectivity index (χ1n) is 6.62. The predicted molar refractivity (Wildman–Crippen MR) is 75.3 cm³/mol. The zero-order valence-electron chi connectivity index (χ0n) is 11.1. The maximum absolute atomic E-state index is 11.7. The molecule has 0 amide bonds. The Hall–Kier alpha value is -2.48. The van der Waals surface area contributed by atoms with Gasteiger partial charge in [-0.1, -0.05) is 0 Å². The second kappa shape index (κ2) is 5.13. The number of hydrogen-bond acceptors (Lipinski definition) is 6. The van der Waals surface area contributed by atoms with Crippen molar-refractivity contribution in [1.29, 1.82) is 0 Å². The third kappa shape index (κ3) is 2.57. The lowest BCUT2D eigenvalue weighted by atomic mass is 10.2. The minimum absolute atomic E-state index is 0.0653. The largest absolute Gasteiger partial charge is 0.483 e. The third-order valence-electron chi connectivity index (χ3n) is 3.64. The molecule has 2 atom stereocenters. The van der Waals surface area contributed by atoms with Gasteiger partial charge >= 0.3 is 5.69 Å². The fraction of sp³-hybridized carbons (Fsp3) is 0.385. The van der Waals surface area contributed by atoms with Crippen LogP contribution >= 0.6 is 0 Å². The molecular formula is C13H14N4O4. The van der Waals surface area contributed by atoms with E-state index in [9.17, 15) is 14.9 Å². The van der Waals surface area contributed by atoms with E-state index in [0.29, 0.717) is 11.9 Å². The fourth-order valence-electron chi connectivity index (χ4n) is 2.58. The van der Waals surface area contributed by atoms with Gasteiger partial charge in [0.05, 0.1) is 22.2 Å². The zero-order valence-corrected chi connectivity index (χ0v) is 11.1. The summed E-state index contributed by atoms with van der Waals surface area (Å²) in [5.74, 6) is 0.129. The van der Waals surface area contributed by atoms with E-state index < -0.39 is 10.5 Å². The number of aromatic amines is 1. The van der Waals surface area contributed by atoms with Gasteiger partial charge in [0, 0.05) is 18.2 Å². The topological polar surface area (TPSA) is 124 Å². The van der Waals surface area contributed by atoms with Crippen LogP contribution in [-0.2, 0) is 0 Å². The molecule has 1 aromatic carbocycles. The number of nitro groups is 1. The molecule has 2 unspecified atom stereocenters. The second-order valence-electron chi connectivity index (χ2n) is 5.14. The van der Waals surface area contributed by atoms with Gasteiger partial charge in [-0.15, -0.1) is 0 Å². The van der Waals surface area contributed by atoms with E-state index in [4.69, 9.17) is 10.5 Å². The average Bonchev–Trinajstić information content (AvgIpc) is 2.83. The summed E-state index contributed by atoms with van der Waals surface area (Å²) in [6, 6.07) is 2.70. The molecule has 1 heterocycles. The molecule has 1 saturated carbocycles. The maximum Gasteiger partial charge on any atom is 0.311 e. The van der Waals surface area contributed by atoms with Crippen molar-refractivity contribution in [2.24, 2.45) is 5.73 Å². The van der Waals surface area contributed by atoms with Gasteiger partial charge in [0.25, 0.3) is 5.56 Å². The molecule has 0 saturated heterocycles. The molecule has 0 aliphatic heterocycles. The molecule has 1 fully saturated rings. The highest BCUT2D eigenvalue weighted by molar-refractivity contribution is 5.82. The Kier molecular flexibility index (Phi) is 3.30. The quantitative estimate of drug-likeness (QED) is 0.644. The number of nitro benzene ring substituents is 1. The molecule has 1 aliphatic carbocycles. The van der Waals surface area contributed by atoms with E-state index in [1.165, 1.54) is 18.5 Å². The van der Waals surface area contributed by atoms with Gasteiger partial charge in [0.15, 0.2) is 5.75 Å². The number of nitrogens with one attached hydrogen (secondary N) is 1. The summed E-state index contributed by atoms with van der Waals surface area (Å²) >= 11 is 0. The zero-order chi connectivity index (χ0) is 15.0. The number of H-pyrrole nitrogens is 1. The summed E-state index contributed by atoms with van der Waals surface area (Å²) in [6.07, 6.45) is 3.38. The van der Waals surface area contributed by atoms with Crippen LogP contribution in [0.1, 0.15) is 19.3 Å². The van der Waals surface area contributed by atoms with Crippen molar-refractivity contribution in [3.8, 4) is 5.75 Å². The smallest absolute Gasteiger partial charge is 0.311 e. The first kappa shape index (κ1) is 13.5. The minimum Gasteiger partial charge on any atom is -0.483 e. The van der Waals surface area contributed by atoms with E-state index in [2.05, 4.69) is 9.97 Å². The lowest BCUT2D eigenvalue weighted by molar-refractivity contribution is -0.385. The summed E-state index contributed by atoms with van der Waals surface area (Å²) in [4.78, 5) is 28.7. The van der Waals surface area contributed by atoms with Crippen LogP contribution in [0, 0.1) is 10.1 Å². The molecule has 1 aromatic heterocycles. The number of ether oxygens (including phenoxy) is 1. The Morgan fingerprint density at radius 2 is 2.24 bits per heavy atom. The van der Waals surface area contributed by atoms with Gasteiger partial charge in [0.1, 0.15) is 6.10 Å². The van der Waals surface area contributed by atoms with Crippen LogP contribution in [0.25, 0.3) is 10.9 Å². The van der Waals surface area contributed by atoms with Crippen LogP contribution in [0.15, 0.2) is 23.3 Å². The van der Waals surface area contributed by atoms with Crippen LogP contribution in [0.3, 0.4) is 0 Å². The highest BCUT2D eigenvalue weighted by Crippen LogP contribution is 2.33. The molecule has 0 radical (unpaired) electrons. The number of hydrogen-bond donors (Lipinski definition) is 2. The third-order valence-corrected chi connectivity index (χ3v) is 3.64. The van der Waals surface area contributed by atoms with Crippen LogP contribution in [0.5, 0.6) is 5.75 Å². The number of fused-ring (bicyclic) bond motifs is 1. The first-order valence-corrected chi connectivity index (χ1v) is 6.62. The maximum atomic E-state index is 11.7. The summed E-state index contributed by atoms with van der Waals surface area (Å²) in [5, 5.41) is 11.3. The van der Waals surface area contributed by atoms with Crippen molar-refractivity contribution < 1.29 is 9.66 Å². The molecule has 0 spiro atoms. The summed E-state index contributed by atoms with van der Waals surface area (Å²) in [6.45, 7) is 0. The van der Waals surface area contributed by atoms with Gasteiger partial charge in [-0.25, -0.2) is 4.98 Å². The van der Waals surface area contributed by atoms with Crippen LogP contribution in [0.4, 0.5) is 5.69 Å². The number of nitrogens with zero attached hydrogens (tertiary/aromatic N) is 2. The number of nitrogens with two attached hydrogens (primary N) is 1. The van der Waals surface area contributed by atoms with Crippen molar-refractivity contribution in [3.05, 3.63) is 38.9 Å². The lowest BCUT2D eigenvalue weighted by Crippen LogP contribution is -2.19. The Balaban J connectivity index is 2.05. The summed E-state index contributed by atoms with van der Waals surface area (Å²) < 4.78 is 5.71. The van der Waals surface area contributed by atoms with Gasteiger partial charge in [-0.2, -0.15) is 0 Å². The highest BCUT2D eigenvalue weighted by atomic mass is 16.6. The normalized spacial score (nSPS) is 21.6. The van der Waals surface area contributed by atoms with Gasteiger partial charge < -0.3 is 15.5 Å². The standard InChI is InChI=1S/C13H14N4O4/c14-7-1-2-8(3-7)21-12-5-10-9(4-11(12)17(19)20)13(18)16-6-15-10/h4-8H,1-3,14H2,(H,15,16,18). The van der Waals surface area contributed by atoms with E-state index in [1.807, 2.05) is 0 Å². The van der Waals surface area contributed by atoms with Crippen molar-refractivity contribution >= 4 is 16.6 Å².